The van der Waals surface area contributed by atoms with Crippen molar-refractivity contribution in [2.45, 2.75) is 30.7 Å². The molecule has 184 valence electrons. The Morgan fingerprint density at radius 3 is 2.51 bits per heavy atom. The molecule has 0 saturated carbocycles. The largest absolute Gasteiger partial charge is 0.497 e. The summed E-state index contributed by atoms with van der Waals surface area (Å²) in [5.41, 5.74) is 1.64. The Hall–Kier alpha value is -3.47. The van der Waals surface area contributed by atoms with Crippen molar-refractivity contribution in [2.75, 3.05) is 26.6 Å². The van der Waals surface area contributed by atoms with Gasteiger partial charge in [0.15, 0.2) is 12.4 Å². The van der Waals surface area contributed by atoms with Crippen LogP contribution in [0.2, 0.25) is 0 Å². The minimum absolute atomic E-state index is 0.272. The molecule has 6 atom stereocenters. The van der Waals surface area contributed by atoms with Gasteiger partial charge in [0.2, 0.25) is 0 Å². The summed E-state index contributed by atoms with van der Waals surface area (Å²) in [6, 6.07) is 13.7. The van der Waals surface area contributed by atoms with Crippen molar-refractivity contribution in [2.24, 2.45) is 11.8 Å². The Labute approximate surface area is 201 Å². The maximum absolute atomic E-state index is 12.9. The van der Waals surface area contributed by atoms with Crippen molar-refractivity contribution in [1.29, 1.82) is 0 Å². The summed E-state index contributed by atoms with van der Waals surface area (Å²) >= 11 is 0. The number of carbonyl (C=O) groups excluding carboxylic acids is 3. The lowest BCUT2D eigenvalue weighted by atomic mass is 9.77. The van der Waals surface area contributed by atoms with E-state index in [0.717, 1.165) is 0 Å². The number of rotatable bonds is 6. The summed E-state index contributed by atoms with van der Waals surface area (Å²) in [6.45, 7) is 0. The average molecular weight is 483 g/mol. The predicted molar refractivity (Wildman–Crippen MR) is 119 cm³/mol. The van der Waals surface area contributed by atoms with E-state index in [0.29, 0.717) is 22.6 Å². The van der Waals surface area contributed by atoms with Crippen LogP contribution < -0.4 is 10.1 Å². The van der Waals surface area contributed by atoms with Crippen LogP contribution in [0.4, 0.5) is 5.69 Å². The molecule has 5 rings (SSSR count). The zero-order valence-electron chi connectivity index (χ0n) is 19.4. The molecule has 0 aromatic heterocycles. The molecule has 1 amide bonds. The summed E-state index contributed by atoms with van der Waals surface area (Å²) in [6.07, 6.45) is -2.15. The number of hydrogen-bond donors (Lipinski definition) is 1. The molecule has 0 spiro atoms. The zero-order valence-corrected chi connectivity index (χ0v) is 19.4. The van der Waals surface area contributed by atoms with Gasteiger partial charge in [0.1, 0.15) is 5.75 Å². The maximum Gasteiger partial charge on any atom is 0.367 e. The SMILES string of the molecule is COC(=O)[C@]12O[C@@H](OC)[C@@H]3OC(=O)[C@H](C[C@H](c4cccc(NC(=O)c5ccc(OC)cc5)c4)O1)[C@@H]32. The first-order valence-electron chi connectivity index (χ1n) is 11.1. The van der Waals surface area contributed by atoms with Gasteiger partial charge in [-0.3, -0.25) is 9.59 Å². The molecule has 1 N–H and O–H groups in total. The number of carbonyl (C=O) groups is 3. The average Bonchev–Trinajstić information content (AvgIpc) is 3.40. The van der Waals surface area contributed by atoms with Crippen LogP contribution in [0.5, 0.6) is 5.75 Å². The third-order valence-corrected chi connectivity index (χ3v) is 6.70. The van der Waals surface area contributed by atoms with Gasteiger partial charge in [-0.1, -0.05) is 12.1 Å². The van der Waals surface area contributed by atoms with E-state index in [2.05, 4.69) is 5.32 Å². The minimum atomic E-state index is -1.85. The molecule has 3 aliphatic heterocycles. The molecule has 2 aromatic rings. The van der Waals surface area contributed by atoms with Gasteiger partial charge in [-0.2, -0.15) is 0 Å². The van der Waals surface area contributed by atoms with Crippen LogP contribution >= 0.6 is 0 Å². The van der Waals surface area contributed by atoms with Crippen LogP contribution in [-0.2, 0) is 33.3 Å². The highest BCUT2D eigenvalue weighted by molar-refractivity contribution is 6.04. The quantitative estimate of drug-likeness (QED) is 0.618. The van der Waals surface area contributed by atoms with Crippen molar-refractivity contribution in [3.63, 3.8) is 0 Å². The summed E-state index contributed by atoms with van der Waals surface area (Å²) in [4.78, 5) is 38.3. The van der Waals surface area contributed by atoms with Gasteiger partial charge in [-0.05, 0) is 48.4 Å². The van der Waals surface area contributed by atoms with E-state index < -0.39 is 48.1 Å². The molecule has 3 heterocycles. The fourth-order valence-corrected chi connectivity index (χ4v) is 5.06. The van der Waals surface area contributed by atoms with E-state index in [9.17, 15) is 14.4 Å². The molecule has 0 bridgehead atoms. The van der Waals surface area contributed by atoms with Gasteiger partial charge < -0.3 is 33.7 Å². The molecule has 0 aliphatic carbocycles. The third-order valence-electron chi connectivity index (χ3n) is 6.70. The van der Waals surface area contributed by atoms with Gasteiger partial charge in [-0.15, -0.1) is 0 Å². The van der Waals surface area contributed by atoms with Gasteiger partial charge in [0.25, 0.3) is 11.7 Å². The van der Waals surface area contributed by atoms with Crippen molar-refractivity contribution in [3.05, 3.63) is 59.7 Å². The molecule has 0 radical (unpaired) electrons. The van der Waals surface area contributed by atoms with Crippen LogP contribution in [0.1, 0.15) is 28.4 Å². The second-order valence-corrected chi connectivity index (χ2v) is 8.57. The number of anilines is 1. The summed E-state index contributed by atoms with van der Waals surface area (Å²) < 4.78 is 33.1. The molecule has 3 aliphatic rings. The van der Waals surface area contributed by atoms with Crippen molar-refractivity contribution in [3.8, 4) is 5.75 Å². The molecule has 0 unspecified atom stereocenters. The van der Waals surface area contributed by atoms with Gasteiger partial charge in [0, 0.05) is 18.4 Å². The first-order chi connectivity index (χ1) is 16.9. The van der Waals surface area contributed by atoms with Crippen LogP contribution in [0.15, 0.2) is 48.5 Å². The Morgan fingerprint density at radius 2 is 1.83 bits per heavy atom. The Morgan fingerprint density at radius 1 is 1.06 bits per heavy atom. The molecule has 3 fully saturated rings. The van der Waals surface area contributed by atoms with Gasteiger partial charge in [0.05, 0.1) is 32.2 Å². The van der Waals surface area contributed by atoms with Gasteiger partial charge >= 0.3 is 11.9 Å². The maximum atomic E-state index is 12.9. The normalized spacial score (nSPS) is 30.8. The topological polar surface area (TPSA) is 119 Å². The van der Waals surface area contributed by atoms with Crippen LogP contribution in [0.3, 0.4) is 0 Å². The van der Waals surface area contributed by atoms with E-state index in [1.54, 1.807) is 55.6 Å². The van der Waals surface area contributed by atoms with E-state index in [1.807, 2.05) is 0 Å². The predicted octanol–water partition coefficient (Wildman–Crippen LogP) is 2.44. The minimum Gasteiger partial charge on any atom is -0.497 e. The first-order valence-corrected chi connectivity index (χ1v) is 11.1. The number of nitrogens with one attached hydrogen (secondary N) is 1. The summed E-state index contributed by atoms with van der Waals surface area (Å²) in [5, 5.41) is 2.85. The summed E-state index contributed by atoms with van der Waals surface area (Å²) in [5.74, 6) is -4.03. The standard InChI is InChI=1S/C25H25NO9/c1-30-16-9-7-13(8-10-16)21(27)26-15-6-4-5-14(11-15)18-12-17-19-20(33-22(17)28)23(31-2)35-25(19,34-18)24(29)32-3/h4-11,17-20,23H,12H2,1-3H3,(H,26,27)/t17-,18-,19+,20-,23-,25+/m1/s1. The number of hydrogen-bond acceptors (Lipinski definition) is 9. The van der Waals surface area contributed by atoms with E-state index in [1.165, 1.54) is 14.2 Å². The highest BCUT2D eigenvalue weighted by Crippen LogP contribution is 2.56. The van der Waals surface area contributed by atoms with Crippen LogP contribution in [-0.4, -0.2) is 57.4 Å². The van der Waals surface area contributed by atoms with Gasteiger partial charge in [-0.25, -0.2) is 4.79 Å². The van der Waals surface area contributed by atoms with Crippen molar-refractivity contribution in [1.82, 2.24) is 0 Å². The van der Waals surface area contributed by atoms with Crippen LogP contribution in [0, 0.1) is 11.8 Å². The first kappa shape index (κ1) is 23.3. The Kier molecular flexibility index (Phi) is 5.96. The number of methoxy groups -OCH3 is 3. The lowest BCUT2D eigenvalue weighted by Crippen LogP contribution is -2.54. The number of amides is 1. The number of esters is 2. The monoisotopic (exact) mass is 483 g/mol. The van der Waals surface area contributed by atoms with E-state index >= 15 is 0 Å². The fraction of sp³-hybridized carbons (Fsp3) is 0.400. The molecule has 10 heteroatoms. The highest BCUT2D eigenvalue weighted by Gasteiger charge is 2.73. The highest BCUT2D eigenvalue weighted by atomic mass is 16.8. The van der Waals surface area contributed by atoms with E-state index in [4.69, 9.17) is 28.4 Å². The number of benzene rings is 2. The fourth-order valence-electron chi connectivity index (χ4n) is 5.06. The molecular formula is C25H25NO9. The number of ether oxygens (including phenoxy) is 6. The Bertz CT molecular complexity index is 1150. The third kappa shape index (κ3) is 3.83. The molecule has 3 saturated heterocycles. The molecule has 10 nitrogen and oxygen atoms in total. The lowest BCUT2D eigenvalue weighted by molar-refractivity contribution is -0.311. The molecule has 35 heavy (non-hydrogen) atoms. The van der Waals surface area contributed by atoms with Crippen molar-refractivity contribution >= 4 is 23.5 Å². The second kappa shape index (κ2) is 8.95. The van der Waals surface area contributed by atoms with Crippen LogP contribution in [0.25, 0.3) is 0 Å². The smallest absolute Gasteiger partial charge is 0.367 e. The summed E-state index contributed by atoms with van der Waals surface area (Å²) in [7, 11) is 4.18. The lowest BCUT2D eigenvalue weighted by Gasteiger charge is -2.40. The Balaban J connectivity index is 1.41. The molecular weight excluding hydrogens is 458 g/mol. The van der Waals surface area contributed by atoms with E-state index in [-0.39, 0.29) is 12.3 Å². The second-order valence-electron chi connectivity index (χ2n) is 8.57. The molecule has 2 aromatic carbocycles. The van der Waals surface area contributed by atoms with Crippen molar-refractivity contribution < 1.29 is 42.8 Å². The zero-order chi connectivity index (χ0) is 24.7.